The largest absolute Gasteiger partial charge is 0.389 e. The molecule has 3 N–H and O–H groups in total. The lowest BCUT2D eigenvalue weighted by atomic mass is 10.0. The van der Waals surface area contributed by atoms with E-state index in [9.17, 15) is 5.11 Å². The van der Waals surface area contributed by atoms with Gasteiger partial charge in [0.15, 0.2) is 5.16 Å². The molecule has 2 heterocycles. The van der Waals surface area contributed by atoms with E-state index in [-0.39, 0.29) is 24.8 Å². The number of rotatable bonds is 6. The van der Waals surface area contributed by atoms with Gasteiger partial charge in [-0.1, -0.05) is 37.2 Å². The van der Waals surface area contributed by atoms with E-state index in [0.717, 1.165) is 65.9 Å². The summed E-state index contributed by atoms with van der Waals surface area (Å²) in [5.74, 6) is 0.637. The Balaban J connectivity index is 0.00000169. The fourth-order valence-electron chi connectivity index (χ4n) is 2.87. The summed E-state index contributed by atoms with van der Waals surface area (Å²) in [6.45, 7) is 7.89. The zero-order chi connectivity index (χ0) is 17.2. The summed E-state index contributed by atoms with van der Waals surface area (Å²) in [4.78, 5) is 10.3. The maximum Gasteiger partial charge on any atom is 0.166 e. The average molecular weight is 442 g/mol. The Kier molecular flexibility index (Phi) is 9.33. The SMILES string of the molecule is CCC(O)(CC)CSc1nc2cc(N3CCNCC3)c(Cl)cc2[nH]1.Cl.Cl. The second kappa shape index (κ2) is 10.2. The van der Waals surface area contributed by atoms with Gasteiger partial charge in [0.2, 0.25) is 0 Å². The molecule has 148 valence electrons. The number of halogens is 3. The Morgan fingerprint density at radius 2 is 1.88 bits per heavy atom. The Morgan fingerprint density at radius 1 is 1.23 bits per heavy atom. The number of H-pyrrole nitrogens is 1. The van der Waals surface area contributed by atoms with Crippen LogP contribution >= 0.6 is 48.2 Å². The van der Waals surface area contributed by atoms with Crippen molar-refractivity contribution in [2.24, 2.45) is 0 Å². The fourth-order valence-corrected chi connectivity index (χ4v) is 4.31. The van der Waals surface area contributed by atoms with Crippen molar-refractivity contribution in [2.45, 2.75) is 37.4 Å². The summed E-state index contributed by atoms with van der Waals surface area (Å²) in [7, 11) is 0. The van der Waals surface area contributed by atoms with Gasteiger partial charge in [-0.25, -0.2) is 4.98 Å². The minimum absolute atomic E-state index is 0. The summed E-state index contributed by atoms with van der Waals surface area (Å²) in [5, 5.41) is 15.4. The molecule has 0 atom stereocenters. The average Bonchev–Trinajstić information content (AvgIpc) is 3.01. The molecule has 0 unspecified atom stereocenters. The van der Waals surface area contributed by atoms with Crippen LogP contribution in [-0.4, -0.2) is 52.6 Å². The van der Waals surface area contributed by atoms with E-state index in [4.69, 9.17) is 11.6 Å². The summed E-state index contributed by atoms with van der Waals surface area (Å²) < 4.78 is 0. The van der Waals surface area contributed by atoms with Crippen LogP contribution in [0.25, 0.3) is 11.0 Å². The zero-order valence-electron chi connectivity index (χ0n) is 15.0. The maximum absolute atomic E-state index is 10.4. The van der Waals surface area contributed by atoms with Crippen LogP contribution < -0.4 is 10.2 Å². The van der Waals surface area contributed by atoms with Crippen molar-refractivity contribution < 1.29 is 5.11 Å². The van der Waals surface area contributed by atoms with Gasteiger partial charge in [0.1, 0.15) is 0 Å². The number of thioether (sulfide) groups is 1. The van der Waals surface area contributed by atoms with Crippen LogP contribution in [-0.2, 0) is 0 Å². The summed E-state index contributed by atoms with van der Waals surface area (Å²) in [6, 6.07) is 4.02. The number of aromatic amines is 1. The molecule has 0 amide bonds. The van der Waals surface area contributed by atoms with Gasteiger partial charge in [0.25, 0.3) is 0 Å². The van der Waals surface area contributed by atoms with Gasteiger partial charge in [0.05, 0.1) is 27.3 Å². The number of imidazole rings is 1. The van der Waals surface area contributed by atoms with E-state index in [0.29, 0.717) is 5.75 Å². The van der Waals surface area contributed by atoms with Gasteiger partial charge in [-0.3, -0.25) is 0 Å². The van der Waals surface area contributed by atoms with Crippen molar-refractivity contribution in [1.29, 1.82) is 0 Å². The third-order valence-electron chi connectivity index (χ3n) is 4.78. The van der Waals surface area contributed by atoms with Gasteiger partial charge in [-0.15, -0.1) is 24.8 Å². The highest BCUT2D eigenvalue weighted by atomic mass is 35.5. The van der Waals surface area contributed by atoms with Crippen LogP contribution in [0.3, 0.4) is 0 Å². The van der Waals surface area contributed by atoms with Crippen molar-refractivity contribution in [3.8, 4) is 0 Å². The van der Waals surface area contributed by atoms with E-state index < -0.39 is 5.60 Å². The number of aliphatic hydroxyl groups is 1. The van der Waals surface area contributed by atoms with Crippen molar-refractivity contribution in [2.75, 3.05) is 36.8 Å². The minimum Gasteiger partial charge on any atom is -0.389 e. The van der Waals surface area contributed by atoms with Gasteiger partial charge >= 0.3 is 0 Å². The highest BCUT2D eigenvalue weighted by Crippen LogP contribution is 2.32. The lowest BCUT2D eigenvalue weighted by Gasteiger charge is -2.30. The first kappa shape index (κ1) is 23.7. The molecular weight excluding hydrogens is 415 g/mol. The predicted molar refractivity (Wildman–Crippen MR) is 117 cm³/mol. The number of hydrogen-bond donors (Lipinski definition) is 3. The molecule has 1 aromatic carbocycles. The van der Waals surface area contributed by atoms with Crippen LogP contribution in [0.15, 0.2) is 17.3 Å². The molecule has 9 heteroatoms. The zero-order valence-corrected chi connectivity index (χ0v) is 18.3. The van der Waals surface area contributed by atoms with E-state index in [2.05, 4.69) is 26.3 Å². The Labute approximate surface area is 176 Å². The van der Waals surface area contributed by atoms with Gasteiger partial charge in [-0.2, -0.15) is 0 Å². The molecule has 26 heavy (non-hydrogen) atoms. The number of anilines is 1. The Morgan fingerprint density at radius 3 is 2.50 bits per heavy atom. The van der Waals surface area contributed by atoms with Gasteiger partial charge in [-0.05, 0) is 25.0 Å². The van der Waals surface area contributed by atoms with E-state index in [1.807, 2.05) is 19.9 Å². The van der Waals surface area contributed by atoms with E-state index in [1.165, 1.54) is 0 Å². The lowest BCUT2D eigenvalue weighted by Crippen LogP contribution is -2.43. The van der Waals surface area contributed by atoms with Crippen LogP contribution in [0.5, 0.6) is 0 Å². The monoisotopic (exact) mass is 440 g/mol. The molecule has 1 aliphatic heterocycles. The molecule has 2 aromatic rings. The first-order chi connectivity index (χ1) is 11.5. The summed E-state index contributed by atoms with van der Waals surface area (Å²) in [6.07, 6.45) is 1.49. The molecule has 3 rings (SSSR count). The molecule has 0 bridgehead atoms. The number of nitrogens with one attached hydrogen (secondary N) is 2. The molecule has 0 saturated carbocycles. The fraction of sp³-hybridized carbons (Fsp3) is 0.588. The van der Waals surface area contributed by atoms with Crippen molar-refractivity contribution in [3.05, 3.63) is 17.2 Å². The highest BCUT2D eigenvalue weighted by molar-refractivity contribution is 7.99. The Bertz CT molecular complexity index is 703. The topological polar surface area (TPSA) is 64.2 Å². The molecule has 0 spiro atoms. The second-order valence-electron chi connectivity index (χ2n) is 6.32. The predicted octanol–water partition coefficient (Wildman–Crippen LogP) is 4.11. The normalized spacial score (nSPS) is 14.8. The second-order valence-corrected chi connectivity index (χ2v) is 7.69. The first-order valence-corrected chi connectivity index (χ1v) is 9.91. The standard InChI is InChI=1S/C17H25ClN4OS.2ClH/c1-3-17(23,4-2)11-24-16-20-13-9-12(18)15(10-14(13)21-16)22-7-5-19-6-8-22;;/h9-10,19,23H,3-8,11H2,1-2H3,(H,20,21);2*1H. The number of nitrogens with zero attached hydrogens (tertiary/aromatic N) is 2. The van der Waals surface area contributed by atoms with Crippen LogP contribution in [0.2, 0.25) is 5.02 Å². The van der Waals surface area contributed by atoms with Crippen molar-refractivity contribution >= 4 is 64.9 Å². The molecule has 1 aromatic heterocycles. The molecule has 5 nitrogen and oxygen atoms in total. The highest BCUT2D eigenvalue weighted by Gasteiger charge is 2.23. The molecule has 1 aliphatic rings. The quantitative estimate of drug-likeness (QED) is 0.589. The molecular formula is C17H27Cl3N4OS. The van der Waals surface area contributed by atoms with Crippen molar-refractivity contribution in [1.82, 2.24) is 15.3 Å². The number of fused-ring (bicyclic) bond motifs is 1. The number of benzene rings is 1. The summed E-state index contributed by atoms with van der Waals surface area (Å²) in [5.41, 5.74) is 2.28. The molecule has 1 saturated heterocycles. The third kappa shape index (κ3) is 5.33. The van der Waals surface area contributed by atoms with Crippen LogP contribution in [0.4, 0.5) is 5.69 Å². The summed E-state index contributed by atoms with van der Waals surface area (Å²) >= 11 is 8.05. The number of piperazine rings is 1. The Hall–Kier alpha value is -0.370. The molecule has 0 radical (unpaired) electrons. The van der Waals surface area contributed by atoms with E-state index in [1.54, 1.807) is 11.8 Å². The third-order valence-corrected chi connectivity index (χ3v) is 6.23. The molecule has 0 aliphatic carbocycles. The number of aromatic nitrogens is 2. The smallest absolute Gasteiger partial charge is 0.166 e. The lowest BCUT2D eigenvalue weighted by molar-refractivity contribution is 0.0571. The number of hydrogen-bond acceptors (Lipinski definition) is 5. The maximum atomic E-state index is 10.4. The van der Waals surface area contributed by atoms with Crippen LogP contribution in [0, 0.1) is 0 Å². The van der Waals surface area contributed by atoms with Gasteiger partial charge in [0, 0.05) is 31.9 Å². The van der Waals surface area contributed by atoms with Crippen molar-refractivity contribution in [3.63, 3.8) is 0 Å². The first-order valence-electron chi connectivity index (χ1n) is 8.55. The molecule has 1 fully saturated rings. The van der Waals surface area contributed by atoms with Gasteiger partial charge < -0.3 is 20.3 Å². The van der Waals surface area contributed by atoms with Crippen LogP contribution in [0.1, 0.15) is 26.7 Å². The minimum atomic E-state index is -0.632. The van der Waals surface area contributed by atoms with E-state index >= 15 is 0 Å².